The van der Waals surface area contributed by atoms with E-state index in [9.17, 15) is 14.4 Å². The molecule has 0 radical (unpaired) electrons. The second-order valence-corrected chi connectivity index (χ2v) is 5.56. The molecule has 0 aromatic carbocycles. The Bertz CT molecular complexity index is 581. The molecule has 0 spiro atoms. The third kappa shape index (κ3) is 3.14. The lowest BCUT2D eigenvalue weighted by Crippen LogP contribution is -2.48. The van der Waals surface area contributed by atoms with E-state index in [0.29, 0.717) is 0 Å². The van der Waals surface area contributed by atoms with Crippen molar-refractivity contribution in [1.82, 2.24) is 9.88 Å². The highest BCUT2D eigenvalue weighted by molar-refractivity contribution is 6.41. The molecule has 2 heterocycles. The van der Waals surface area contributed by atoms with Crippen molar-refractivity contribution in [3.8, 4) is 0 Å². The van der Waals surface area contributed by atoms with E-state index in [1.54, 1.807) is 0 Å². The molecule has 1 aromatic heterocycles. The molecule has 0 aliphatic carbocycles. The quantitative estimate of drug-likeness (QED) is 0.776. The molecule has 114 valence electrons. The summed E-state index contributed by atoms with van der Waals surface area (Å²) in [5.74, 6) is -5.00. The number of carbonyl (C=O) groups is 3. The average Bonchev–Trinajstić information content (AvgIpc) is 2.77. The molecule has 2 unspecified atom stereocenters. The zero-order valence-electron chi connectivity index (χ0n) is 10.7. The van der Waals surface area contributed by atoms with Crippen LogP contribution >= 0.6 is 23.2 Å². The molecule has 0 saturated carbocycles. The minimum absolute atomic E-state index is 0.0835. The summed E-state index contributed by atoms with van der Waals surface area (Å²) in [6, 6.07) is 1.35. The number of amides is 1. The zero-order chi connectivity index (χ0) is 15.7. The number of likely N-dealkylation sites (tertiary alicyclic amines) is 1. The summed E-state index contributed by atoms with van der Waals surface area (Å²) in [6.45, 7) is -0.00672. The lowest BCUT2D eigenvalue weighted by Gasteiger charge is -2.34. The van der Waals surface area contributed by atoms with E-state index in [1.165, 1.54) is 11.0 Å². The standard InChI is InChI=1S/C12H12Cl2N2O5/c13-7-3-8(15-9(7)14)10(17)16-2-1-5(11(18)19)6(4-16)12(20)21/h3,5-6,15H,1-2,4H2,(H,18,19)(H,20,21). The minimum Gasteiger partial charge on any atom is -0.481 e. The Morgan fingerprint density at radius 3 is 2.29 bits per heavy atom. The van der Waals surface area contributed by atoms with Crippen molar-refractivity contribution in [2.75, 3.05) is 13.1 Å². The van der Waals surface area contributed by atoms with Crippen LogP contribution in [0.4, 0.5) is 0 Å². The maximum absolute atomic E-state index is 12.2. The Kier molecular flexibility index (Phi) is 4.43. The number of carboxylic acids is 2. The van der Waals surface area contributed by atoms with Crippen LogP contribution in [0.5, 0.6) is 0 Å². The second kappa shape index (κ2) is 5.95. The summed E-state index contributed by atoms with van der Waals surface area (Å²) in [6.07, 6.45) is 0.0835. The fourth-order valence-electron chi connectivity index (χ4n) is 2.37. The van der Waals surface area contributed by atoms with Gasteiger partial charge in [0.05, 0.1) is 16.9 Å². The van der Waals surface area contributed by atoms with E-state index in [4.69, 9.17) is 33.4 Å². The monoisotopic (exact) mass is 334 g/mol. The van der Waals surface area contributed by atoms with Crippen LogP contribution in [-0.4, -0.2) is 51.0 Å². The van der Waals surface area contributed by atoms with E-state index in [-0.39, 0.29) is 35.4 Å². The van der Waals surface area contributed by atoms with E-state index >= 15 is 0 Å². The molecule has 7 nitrogen and oxygen atoms in total. The third-order valence-corrected chi connectivity index (χ3v) is 4.18. The normalized spacial score (nSPS) is 22.1. The van der Waals surface area contributed by atoms with E-state index in [0.717, 1.165) is 0 Å². The van der Waals surface area contributed by atoms with Gasteiger partial charge in [-0.1, -0.05) is 23.2 Å². The number of nitrogens with one attached hydrogen (secondary N) is 1. The number of nitrogens with zero attached hydrogens (tertiary/aromatic N) is 1. The Labute approximate surface area is 129 Å². The highest BCUT2D eigenvalue weighted by Gasteiger charge is 2.40. The second-order valence-electron chi connectivity index (χ2n) is 4.77. The van der Waals surface area contributed by atoms with Gasteiger partial charge in [-0.3, -0.25) is 14.4 Å². The van der Waals surface area contributed by atoms with Crippen molar-refractivity contribution >= 4 is 41.0 Å². The van der Waals surface area contributed by atoms with Gasteiger partial charge >= 0.3 is 11.9 Å². The molecule has 2 atom stereocenters. The fraction of sp³-hybridized carbons (Fsp3) is 0.417. The Morgan fingerprint density at radius 2 is 1.81 bits per heavy atom. The molecule has 1 aliphatic rings. The van der Waals surface area contributed by atoms with Gasteiger partial charge in [0.25, 0.3) is 5.91 Å². The Hall–Kier alpha value is -1.73. The first-order valence-electron chi connectivity index (χ1n) is 6.10. The summed E-state index contributed by atoms with van der Waals surface area (Å²) in [5, 5.41) is 18.5. The first-order chi connectivity index (χ1) is 9.81. The molecule has 0 bridgehead atoms. The van der Waals surface area contributed by atoms with Gasteiger partial charge in [-0.15, -0.1) is 0 Å². The molecule has 1 saturated heterocycles. The number of halogens is 2. The van der Waals surface area contributed by atoms with Crippen LogP contribution in [-0.2, 0) is 9.59 Å². The molecule has 1 amide bonds. The summed E-state index contributed by atoms with van der Waals surface area (Å²) >= 11 is 11.5. The molecule has 21 heavy (non-hydrogen) atoms. The summed E-state index contributed by atoms with van der Waals surface area (Å²) in [4.78, 5) is 38.4. The van der Waals surface area contributed by atoms with Crippen LogP contribution in [0.25, 0.3) is 0 Å². The number of hydrogen-bond donors (Lipinski definition) is 3. The first-order valence-corrected chi connectivity index (χ1v) is 6.85. The molecular formula is C12H12Cl2N2O5. The number of aromatic amines is 1. The van der Waals surface area contributed by atoms with Crippen LogP contribution < -0.4 is 0 Å². The SMILES string of the molecule is O=C(O)C1CCN(C(=O)c2cc(Cl)c(Cl)[nH]2)CC1C(=O)O. The van der Waals surface area contributed by atoms with Crippen molar-refractivity contribution in [2.45, 2.75) is 6.42 Å². The van der Waals surface area contributed by atoms with Gasteiger partial charge in [0.2, 0.25) is 0 Å². The number of hydrogen-bond acceptors (Lipinski definition) is 3. The molecule has 9 heteroatoms. The van der Waals surface area contributed by atoms with E-state index in [2.05, 4.69) is 4.98 Å². The maximum Gasteiger partial charge on any atom is 0.309 e. The summed E-state index contributed by atoms with van der Waals surface area (Å²) < 4.78 is 0. The Balaban J connectivity index is 2.17. The molecule has 2 rings (SSSR count). The van der Waals surface area contributed by atoms with Crippen LogP contribution in [0.3, 0.4) is 0 Å². The van der Waals surface area contributed by atoms with Crippen LogP contribution in [0.2, 0.25) is 10.2 Å². The minimum atomic E-state index is -1.23. The average molecular weight is 335 g/mol. The highest BCUT2D eigenvalue weighted by Crippen LogP contribution is 2.27. The third-order valence-electron chi connectivity index (χ3n) is 3.49. The molecular weight excluding hydrogens is 323 g/mol. The molecule has 3 N–H and O–H groups in total. The summed E-state index contributed by atoms with van der Waals surface area (Å²) in [7, 11) is 0. The van der Waals surface area contributed by atoms with Gasteiger partial charge in [0.1, 0.15) is 10.8 Å². The van der Waals surface area contributed by atoms with Gasteiger partial charge in [0.15, 0.2) is 0 Å². The lowest BCUT2D eigenvalue weighted by molar-refractivity contribution is -0.156. The number of carboxylic acid groups (broad SMARTS) is 2. The van der Waals surface area contributed by atoms with Crippen molar-refractivity contribution in [1.29, 1.82) is 0 Å². The number of carbonyl (C=O) groups excluding carboxylic acids is 1. The first kappa shape index (κ1) is 15.7. The number of rotatable bonds is 3. The van der Waals surface area contributed by atoms with Crippen LogP contribution in [0, 0.1) is 11.8 Å². The molecule has 1 fully saturated rings. The molecule has 1 aromatic rings. The van der Waals surface area contributed by atoms with Gasteiger partial charge in [0, 0.05) is 13.1 Å². The van der Waals surface area contributed by atoms with Crippen LogP contribution in [0.1, 0.15) is 16.9 Å². The van der Waals surface area contributed by atoms with Gasteiger partial charge in [-0.05, 0) is 12.5 Å². The zero-order valence-corrected chi connectivity index (χ0v) is 12.2. The number of aliphatic carboxylic acids is 2. The van der Waals surface area contributed by atoms with Crippen molar-refractivity contribution in [2.24, 2.45) is 11.8 Å². The smallest absolute Gasteiger partial charge is 0.309 e. The maximum atomic E-state index is 12.2. The number of H-pyrrole nitrogens is 1. The number of aromatic nitrogens is 1. The van der Waals surface area contributed by atoms with Gasteiger partial charge in [-0.25, -0.2) is 0 Å². The van der Waals surface area contributed by atoms with Gasteiger partial charge in [-0.2, -0.15) is 0 Å². The molecule has 1 aliphatic heterocycles. The highest BCUT2D eigenvalue weighted by atomic mass is 35.5. The largest absolute Gasteiger partial charge is 0.481 e. The lowest BCUT2D eigenvalue weighted by atomic mass is 9.85. The van der Waals surface area contributed by atoms with E-state index in [1.807, 2.05) is 0 Å². The predicted octanol–water partition coefficient (Wildman–Crippen LogP) is 1.57. The van der Waals surface area contributed by atoms with Crippen molar-refractivity contribution in [3.63, 3.8) is 0 Å². The Morgan fingerprint density at radius 1 is 1.19 bits per heavy atom. The van der Waals surface area contributed by atoms with Crippen LogP contribution in [0.15, 0.2) is 6.07 Å². The van der Waals surface area contributed by atoms with Crippen molar-refractivity contribution in [3.05, 3.63) is 21.9 Å². The summed E-state index contributed by atoms with van der Waals surface area (Å²) in [5.41, 5.74) is 0.142. The fourth-order valence-corrected chi connectivity index (χ4v) is 2.68. The predicted molar refractivity (Wildman–Crippen MR) is 73.6 cm³/mol. The number of piperidine rings is 1. The van der Waals surface area contributed by atoms with Crippen molar-refractivity contribution < 1.29 is 24.6 Å². The topological polar surface area (TPSA) is 111 Å². The van der Waals surface area contributed by atoms with E-state index < -0.39 is 29.7 Å². The van der Waals surface area contributed by atoms with Gasteiger partial charge < -0.3 is 20.1 Å².